The summed E-state index contributed by atoms with van der Waals surface area (Å²) in [7, 11) is 0. The first-order valence-corrected chi connectivity index (χ1v) is 6.05. The van der Waals surface area contributed by atoms with Crippen LogP contribution in [0.1, 0.15) is 31.4 Å². The van der Waals surface area contributed by atoms with Crippen LogP contribution in [0.15, 0.2) is 36.4 Å². The molecule has 0 amide bonds. The molecule has 1 atom stereocenters. The molecule has 0 saturated heterocycles. The van der Waals surface area contributed by atoms with E-state index in [1.807, 2.05) is 0 Å². The van der Waals surface area contributed by atoms with E-state index in [0.29, 0.717) is 6.04 Å². The van der Waals surface area contributed by atoms with E-state index in [0.717, 1.165) is 19.4 Å². The van der Waals surface area contributed by atoms with Crippen LogP contribution < -0.4 is 5.32 Å². The van der Waals surface area contributed by atoms with Crippen molar-refractivity contribution in [2.45, 2.75) is 39.7 Å². The molecule has 1 nitrogen and oxygen atoms in total. The van der Waals surface area contributed by atoms with E-state index in [-0.39, 0.29) is 0 Å². The van der Waals surface area contributed by atoms with Crippen molar-refractivity contribution in [1.82, 2.24) is 5.32 Å². The van der Waals surface area contributed by atoms with Crippen molar-refractivity contribution in [3.8, 4) is 0 Å². The lowest BCUT2D eigenvalue weighted by atomic mass is 9.97. The number of hydrogen-bond donors (Lipinski definition) is 1. The van der Waals surface area contributed by atoms with E-state index in [4.69, 9.17) is 0 Å². The monoisotopic (exact) mass is 217 g/mol. The average Bonchev–Trinajstić information content (AvgIpc) is 2.21. The summed E-state index contributed by atoms with van der Waals surface area (Å²) < 4.78 is 0. The third kappa shape index (κ3) is 4.19. The van der Waals surface area contributed by atoms with E-state index in [9.17, 15) is 0 Å². The summed E-state index contributed by atoms with van der Waals surface area (Å²) in [6.45, 7) is 11.5. The van der Waals surface area contributed by atoms with Crippen molar-refractivity contribution >= 4 is 0 Å². The van der Waals surface area contributed by atoms with Crippen molar-refractivity contribution in [3.05, 3.63) is 47.5 Å². The Morgan fingerprint density at radius 1 is 1.38 bits per heavy atom. The number of nitrogens with one attached hydrogen (secondary N) is 1. The fourth-order valence-electron chi connectivity index (χ4n) is 2.03. The lowest BCUT2D eigenvalue weighted by Gasteiger charge is -2.19. The zero-order valence-electron chi connectivity index (χ0n) is 10.7. The molecule has 0 aromatic heterocycles. The number of rotatable bonds is 6. The molecule has 0 aliphatic carbocycles. The summed E-state index contributed by atoms with van der Waals surface area (Å²) in [5.41, 5.74) is 4.07. The van der Waals surface area contributed by atoms with E-state index in [1.165, 1.54) is 16.7 Å². The molecule has 0 aliphatic heterocycles. The van der Waals surface area contributed by atoms with Crippen LogP contribution in [0.5, 0.6) is 0 Å². The van der Waals surface area contributed by atoms with Gasteiger partial charge in [0.15, 0.2) is 0 Å². The minimum Gasteiger partial charge on any atom is -0.314 e. The molecule has 0 fully saturated rings. The maximum Gasteiger partial charge on any atom is 0.0144 e. The molecule has 1 heteroatoms. The SMILES string of the molecule is C=C(C)CC(Cc1ccccc1C)NCC. The van der Waals surface area contributed by atoms with E-state index in [1.54, 1.807) is 0 Å². The van der Waals surface area contributed by atoms with Gasteiger partial charge in [-0.2, -0.15) is 0 Å². The minimum absolute atomic E-state index is 0.517. The van der Waals surface area contributed by atoms with Gasteiger partial charge in [0.1, 0.15) is 0 Å². The number of hydrogen-bond acceptors (Lipinski definition) is 1. The molecule has 1 aromatic carbocycles. The summed E-state index contributed by atoms with van der Waals surface area (Å²) in [6.07, 6.45) is 2.15. The Balaban J connectivity index is 2.67. The molecule has 0 bridgehead atoms. The van der Waals surface area contributed by atoms with Crippen LogP contribution in [0.3, 0.4) is 0 Å². The van der Waals surface area contributed by atoms with Crippen LogP contribution in [-0.4, -0.2) is 12.6 Å². The Labute approximate surface area is 99.6 Å². The molecule has 0 saturated carbocycles. The number of likely N-dealkylation sites (N-methyl/N-ethyl adjacent to an activating group) is 1. The van der Waals surface area contributed by atoms with Gasteiger partial charge in [0, 0.05) is 6.04 Å². The quantitative estimate of drug-likeness (QED) is 0.719. The van der Waals surface area contributed by atoms with Gasteiger partial charge in [0.2, 0.25) is 0 Å². The molecular weight excluding hydrogens is 194 g/mol. The molecule has 1 N–H and O–H groups in total. The zero-order valence-corrected chi connectivity index (χ0v) is 10.7. The molecular formula is C15H23N. The van der Waals surface area contributed by atoms with E-state index in [2.05, 4.69) is 56.9 Å². The average molecular weight is 217 g/mol. The molecule has 0 spiro atoms. The lowest BCUT2D eigenvalue weighted by Crippen LogP contribution is -2.31. The second-order valence-corrected chi connectivity index (χ2v) is 4.55. The van der Waals surface area contributed by atoms with Crippen molar-refractivity contribution in [3.63, 3.8) is 0 Å². The molecule has 88 valence electrons. The maximum atomic E-state index is 4.00. The van der Waals surface area contributed by atoms with Crippen molar-refractivity contribution in [1.29, 1.82) is 0 Å². The molecule has 1 unspecified atom stereocenters. The minimum atomic E-state index is 0.517. The Bertz CT molecular complexity index is 341. The second kappa shape index (κ2) is 6.49. The summed E-state index contributed by atoms with van der Waals surface area (Å²) >= 11 is 0. The lowest BCUT2D eigenvalue weighted by molar-refractivity contribution is 0.519. The van der Waals surface area contributed by atoms with Crippen LogP contribution >= 0.6 is 0 Å². The van der Waals surface area contributed by atoms with Crippen LogP contribution in [0.4, 0.5) is 0 Å². The predicted molar refractivity (Wildman–Crippen MR) is 71.8 cm³/mol. The Kier molecular flexibility index (Phi) is 5.27. The highest BCUT2D eigenvalue weighted by molar-refractivity contribution is 5.26. The number of benzene rings is 1. The van der Waals surface area contributed by atoms with Gasteiger partial charge in [-0.25, -0.2) is 0 Å². The molecule has 1 aromatic rings. The smallest absolute Gasteiger partial charge is 0.0144 e. The first-order valence-electron chi connectivity index (χ1n) is 6.05. The summed E-state index contributed by atoms with van der Waals surface area (Å²) in [6, 6.07) is 9.13. The highest BCUT2D eigenvalue weighted by Gasteiger charge is 2.09. The maximum absolute atomic E-state index is 4.00. The third-order valence-corrected chi connectivity index (χ3v) is 2.82. The summed E-state index contributed by atoms with van der Waals surface area (Å²) in [5.74, 6) is 0. The van der Waals surface area contributed by atoms with Gasteiger partial charge in [0.25, 0.3) is 0 Å². The fourth-order valence-corrected chi connectivity index (χ4v) is 2.03. The van der Waals surface area contributed by atoms with E-state index >= 15 is 0 Å². The highest BCUT2D eigenvalue weighted by Crippen LogP contribution is 2.13. The second-order valence-electron chi connectivity index (χ2n) is 4.55. The first kappa shape index (κ1) is 13.0. The van der Waals surface area contributed by atoms with Gasteiger partial charge in [-0.1, -0.05) is 36.8 Å². The molecule has 0 heterocycles. The summed E-state index contributed by atoms with van der Waals surface area (Å²) in [5, 5.41) is 3.53. The van der Waals surface area contributed by atoms with Gasteiger partial charge in [0.05, 0.1) is 0 Å². The molecule has 16 heavy (non-hydrogen) atoms. The normalized spacial score (nSPS) is 12.4. The number of aryl methyl sites for hydroxylation is 1. The zero-order chi connectivity index (χ0) is 12.0. The predicted octanol–water partition coefficient (Wildman–Crippen LogP) is 3.48. The molecule has 0 radical (unpaired) electrons. The third-order valence-electron chi connectivity index (χ3n) is 2.82. The van der Waals surface area contributed by atoms with Crippen LogP contribution in [-0.2, 0) is 6.42 Å². The van der Waals surface area contributed by atoms with Gasteiger partial charge in [-0.05, 0) is 44.4 Å². The standard InChI is InChI=1S/C15H23N/c1-5-16-15(10-12(2)3)11-14-9-7-6-8-13(14)4/h6-9,15-16H,2,5,10-11H2,1,3-4H3. The van der Waals surface area contributed by atoms with Crippen LogP contribution in [0, 0.1) is 6.92 Å². The largest absolute Gasteiger partial charge is 0.314 e. The Hall–Kier alpha value is -1.08. The van der Waals surface area contributed by atoms with Crippen molar-refractivity contribution in [2.24, 2.45) is 0 Å². The first-order chi connectivity index (χ1) is 7.63. The Morgan fingerprint density at radius 3 is 2.62 bits per heavy atom. The Morgan fingerprint density at radius 2 is 2.06 bits per heavy atom. The fraction of sp³-hybridized carbons (Fsp3) is 0.467. The van der Waals surface area contributed by atoms with E-state index < -0.39 is 0 Å². The highest BCUT2D eigenvalue weighted by atomic mass is 14.9. The van der Waals surface area contributed by atoms with Crippen molar-refractivity contribution < 1.29 is 0 Å². The topological polar surface area (TPSA) is 12.0 Å². The van der Waals surface area contributed by atoms with Crippen LogP contribution in [0.25, 0.3) is 0 Å². The van der Waals surface area contributed by atoms with Crippen molar-refractivity contribution in [2.75, 3.05) is 6.54 Å². The van der Waals surface area contributed by atoms with Gasteiger partial charge < -0.3 is 5.32 Å². The van der Waals surface area contributed by atoms with Crippen LogP contribution in [0.2, 0.25) is 0 Å². The van der Waals surface area contributed by atoms with Gasteiger partial charge >= 0.3 is 0 Å². The summed E-state index contributed by atoms with van der Waals surface area (Å²) in [4.78, 5) is 0. The van der Waals surface area contributed by atoms with Gasteiger partial charge in [-0.15, -0.1) is 6.58 Å². The molecule has 1 rings (SSSR count). The van der Waals surface area contributed by atoms with Gasteiger partial charge in [-0.3, -0.25) is 0 Å². The molecule has 0 aliphatic rings.